The van der Waals surface area contributed by atoms with Gasteiger partial charge in [0.2, 0.25) is 0 Å². The van der Waals surface area contributed by atoms with E-state index in [0.29, 0.717) is 12.8 Å². The first-order valence-electron chi connectivity index (χ1n) is 22.0. The van der Waals surface area contributed by atoms with E-state index in [4.69, 9.17) is 9.47 Å². The topological polar surface area (TPSA) is 72.8 Å². The number of carbonyl (C=O) groups is 2. The summed E-state index contributed by atoms with van der Waals surface area (Å²) in [6, 6.07) is 0. The third kappa shape index (κ3) is 42.0. The highest BCUT2D eigenvalue weighted by Crippen LogP contribution is 2.15. The molecule has 0 rings (SSSR count). The summed E-state index contributed by atoms with van der Waals surface area (Å²) >= 11 is 0. The molecule has 0 unspecified atom stereocenters. The number of esters is 2. The van der Waals surface area contributed by atoms with Crippen LogP contribution in [0, 0.1) is 0 Å². The molecule has 0 aromatic carbocycles. The number of aliphatic hydroxyl groups excluding tert-OH is 1. The summed E-state index contributed by atoms with van der Waals surface area (Å²) in [5, 5.41) is 9.58. The van der Waals surface area contributed by atoms with Crippen molar-refractivity contribution in [1.29, 1.82) is 0 Å². The molecule has 53 heavy (non-hydrogen) atoms. The van der Waals surface area contributed by atoms with Crippen LogP contribution in [0.1, 0.15) is 200 Å². The molecule has 0 aliphatic heterocycles. The van der Waals surface area contributed by atoms with E-state index >= 15 is 0 Å². The average Bonchev–Trinajstić information content (AvgIpc) is 3.16. The molecule has 0 radical (unpaired) electrons. The summed E-state index contributed by atoms with van der Waals surface area (Å²) in [5.74, 6) is -0.686. The number of aliphatic hydroxyl groups is 1. The fraction of sp³-hybridized carbons (Fsp3) is 0.708. The fourth-order valence-electron chi connectivity index (χ4n) is 5.99. The van der Waals surface area contributed by atoms with Crippen LogP contribution in [0.3, 0.4) is 0 Å². The van der Waals surface area contributed by atoms with Crippen molar-refractivity contribution in [3.05, 3.63) is 72.9 Å². The summed E-state index contributed by atoms with van der Waals surface area (Å²) in [4.78, 5) is 24.3. The van der Waals surface area contributed by atoms with Crippen molar-refractivity contribution in [2.75, 3.05) is 13.2 Å². The van der Waals surface area contributed by atoms with Crippen LogP contribution in [0.5, 0.6) is 0 Å². The number of rotatable bonds is 39. The van der Waals surface area contributed by atoms with E-state index in [1.54, 1.807) is 0 Å². The van der Waals surface area contributed by atoms with E-state index in [2.05, 4.69) is 74.6 Å². The summed E-state index contributed by atoms with van der Waals surface area (Å²) < 4.78 is 10.6. The van der Waals surface area contributed by atoms with Crippen molar-refractivity contribution in [3.8, 4) is 0 Å². The van der Waals surface area contributed by atoms with Crippen molar-refractivity contribution in [2.24, 2.45) is 0 Å². The van der Waals surface area contributed by atoms with Gasteiger partial charge in [-0.25, -0.2) is 0 Å². The van der Waals surface area contributed by atoms with Gasteiger partial charge in [0, 0.05) is 12.8 Å². The van der Waals surface area contributed by atoms with E-state index in [1.807, 2.05) is 12.2 Å². The van der Waals surface area contributed by atoms with E-state index in [1.165, 1.54) is 109 Å². The van der Waals surface area contributed by atoms with Crippen molar-refractivity contribution in [3.63, 3.8) is 0 Å². The van der Waals surface area contributed by atoms with Gasteiger partial charge in [0.25, 0.3) is 0 Å². The monoisotopic (exact) mass is 739 g/mol. The van der Waals surface area contributed by atoms with Gasteiger partial charge in [0.1, 0.15) is 6.61 Å². The molecule has 0 aromatic rings. The predicted octanol–water partition coefficient (Wildman–Crippen LogP) is 14.1. The van der Waals surface area contributed by atoms with E-state index in [-0.39, 0.29) is 31.6 Å². The molecule has 0 spiro atoms. The van der Waals surface area contributed by atoms with Gasteiger partial charge in [-0.3, -0.25) is 9.59 Å². The van der Waals surface area contributed by atoms with Gasteiger partial charge in [-0.05, 0) is 51.4 Å². The SMILES string of the molecule is CC/C=C/C/C=C/C/C=C/C/C=C/C/C=C/C/C=C/CCC(=O)OC[C@H](CO)OC(=O)CCCCCCCCCCCCCCCCCCCCCC. The minimum atomic E-state index is -0.803. The third-order valence-corrected chi connectivity index (χ3v) is 9.28. The zero-order valence-electron chi connectivity index (χ0n) is 34.5. The Balaban J connectivity index is 3.63. The molecule has 0 heterocycles. The van der Waals surface area contributed by atoms with Gasteiger partial charge < -0.3 is 14.6 Å². The van der Waals surface area contributed by atoms with Crippen molar-refractivity contribution >= 4 is 11.9 Å². The quantitative estimate of drug-likeness (QED) is 0.0386. The number of hydrogen-bond donors (Lipinski definition) is 1. The molecular weight excluding hydrogens is 657 g/mol. The summed E-state index contributed by atoms with van der Waals surface area (Å²) in [7, 11) is 0. The minimum absolute atomic E-state index is 0.107. The third-order valence-electron chi connectivity index (χ3n) is 9.28. The molecule has 0 aromatic heterocycles. The minimum Gasteiger partial charge on any atom is -0.462 e. The Kier molecular flexibility index (Phi) is 41.5. The van der Waals surface area contributed by atoms with Crippen LogP contribution in [-0.2, 0) is 19.1 Å². The largest absolute Gasteiger partial charge is 0.462 e. The number of allylic oxidation sites excluding steroid dienone is 12. The Morgan fingerprint density at radius 3 is 1.19 bits per heavy atom. The summed E-state index contributed by atoms with van der Waals surface area (Å²) in [5.41, 5.74) is 0. The van der Waals surface area contributed by atoms with Gasteiger partial charge in [-0.1, -0.05) is 209 Å². The Morgan fingerprint density at radius 2 is 0.811 bits per heavy atom. The summed E-state index contributed by atoms with van der Waals surface area (Å²) in [6.07, 6.45) is 58.4. The van der Waals surface area contributed by atoms with Crippen LogP contribution in [0.4, 0.5) is 0 Å². The molecule has 5 nitrogen and oxygen atoms in total. The molecule has 0 amide bonds. The van der Waals surface area contributed by atoms with Crippen LogP contribution < -0.4 is 0 Å². The Labute approximate surface area is 327 Å². The lowest BCUT2D eigenvalue weighted by Gasteiger charge is -2.15. The molecule has 0 aliphatic carbocycles. The lowest BCUT2D eigenvalue weighted by Crippen LogP contribution is -2.28. The van der Waals surface area contributed by atoms with Crippen molar-refractivity contribution in [1.82, 2.24) is 0 Å². The second-order valence-electron chi connectivity index (χ2n) is 14.4. The van der Waals surface area contributed by atoms with Gasteiger partial charge in [0.15, 0.2) is 6.10 Å². The second-order valence-corrected chi connectivity index (χ2v) is 14.4. The molecular formula is C48H82O5. The van der Waals surface area contributed by atoms with Crippen LogP contribution in [-0.4, -0.2) is 36.4 Å². The van der Waals surface area contributed by atoms with Crippen molar-refractivity contribution < 1.29 is 24.2 Å². The zero-order chi connectivity index (χ0) is 38.6. The van der Waals surface area contributed by atoms with Gasteiger partial charge in [0.05, 0.1) is 6.61 Å². The molecule has 304 valence electrons. The number of hydrogen-bond acceptors (Lipinski definition) is 5. The molecule has 0 bridgehead atoms. The van der Waals surface area contributed by atoms with E-state index in [0.717, 1.165) is 57.8 Å². The number of carbonyl (C=O) groups excluding carboxylic acids is 2. The lowest BCUT2D eigenvalue weighted by atomic mass is 10.0. The van der Waals surface area contributed by atoms with Crippen LogP contribution in [0.25, 0.3) is 0 Å². The average molecular weight is 739 g/mol. The van der Waals surface area contributed by atoms with Crippen LogP contribution in [0.15, 0.2) is 72.9 Å². The highest BCUT2D eigenvalue weighted by molar-refractivity contribution is 5.70. The molecule has 1 N–H and O–H groups in total. The number of ether oxygens (including phenoxy) is 2. The maximum atomic E-state index is 12.2. The molecule has 0 fully saturated rings. The lowest BCUT2D eigenvalue weighted by molar-refractivity contribution is -0.161. The molecule has 0 saturated carbocycles. The molecule has 5 heteroatoms. The summed E-state index contributed by atoms with van der Waals surface area (Å²) in [6.45, 7) is 3.97. The predicted molar refractivity (Wildman–Crippen MR) is 228 cm³/mol. The Bertz CT molecular complexity index is 972. The standard InChI is InChI=1S/C48H82O5/c1-3-5-7-9-11-13-15-17-19-21-23-25-27-29-31-33-35-37-39-41-43-48(51)53-46(44-49)45-52-47(50)42-40-38-36-34-32-30-28-26-24-22-20-18-16-14-12-10-8-6-4-2/h6,8,12,14,18,20,24,26,30,32,36,38,46,49H,3-5,7,9-11,13,15-17,19,21-23,25,27-29,31,33-35,37,39-45H2,1-2H3/b8-6+,14-12+,20-18+,26-24+,32-30+,38-36+/t46-/m0/s1. The Hall–Kier alpha value is -2.66. The highest BCUT2D eigenvalue weighted by Gasteiger charge is 2.15. The molecule has 0 aliphatic rings. The first-order chi connectivity index (χ1) is 26.1. The highest BCUT2D eigenvalue weighted by atomic mass is 16.6. The maximum Gasteiger partial charge on any atom is 0.306 e. The van der Waals surface area contributed by atoms with Crippen molar-refractivity contribution in [2.45, 2.75) is 206 Å². The first-order valence-corrected chi connectivity index (χ1v) is 22.0. The van der Waals surface area contributed by atoms with Gasteiger partial charge in [-0.15, -0.1) is 0 Å². The molecule has 1 atom stereocenters. The number of unbranched alkanes of at least 4 members (excludes halogenated alkanes) is 19. The van der Waals surface area contributed by atoms with Gasteiger partial charge in [-0.2, -0.15) is 0 Å². The molecule has 0 saturated heterocycles. The van der Waals surface area contributed by atoms with E-state index < -0.39 is 6.10 Å². The fourth-order valence-corrected chi connectivity index (χ4v) is 5.99. The van der Waals surface area contributed by atoms with E-state index in [9.17, 15) is 14.7 Å². The van der Waals surface area contributed by atoms with Crippen LogP contribution >= 0.6 is 0 Å². The van der Waals surface area contributed by atoms with Gasteiger partial charge >= 0.3 is 11.9 Å². The first kappa shape index (κ1) is 50.3. The maximum absolute atomic E-state index is 12.2. The normalized spacial score (nSPS) is 12.9. The smallest absolute Gasteiger partial charge is 0.306 e. The Morgan fingerprint density at radius 1 is 0.453 bits per heavy atom. The second kappa shape index (κ2) is 43.7. The van der Waals surface area contributed by atoms with Crippen LogP contribution in [0.2, 0.25) is 0 Å². The zero-order valence-corrected chi connectivity index (χ0v) is 34.5.